The molecule has 0 atom stereocenters. The monoisotopic (exact) mass is 637 g/mol. The Balaban J connectivity index is 1.20. The van der Waals surface area contributed by atoms with Crippen molar-refractivity contribution in [1.82, 2.24) is 0 Å². The first kappa shape index (κ1) is 28.4. The van der Waals surface area contributed by atoms with Crippen LogP contribution in [-0.4, -0.2) is 0 Å². The Morgan fingerprint density at radius 1 is 0.340 bits per heavy atom. The van der Waals surface area contributed by atoms with Crippen molar-refractivity contribution >= 4 is 71.3 Å². The van der Waals surface area contributed by atoms with Crippen molar-refractivity contribution in [2.75, 3.05) is 4.90 Å². The van der Waals surface area contributed by atoms with Gasteiger partial charge in [-0.1, -0.05) is 140 Å². The molecule has 9 aromatic carbocycles. The molecule has 0 amide bonds. The number of nitrogens with zero attached hydrogens (tertiary/aromatic N) is 1. The predicted octanol–water partition coefficient (Wildman–Crippen LogP) is 13.8. The number of hydrogen-bond acceptors (Lipinski definition) is 2. The quantitative estimate of drug-likeness (QED) is 0.187. The molecule has 50 heavy (non-hydrogen) atoms. The lowest BCUT2D eigenvalue weighted by Gasteiger charge is -2.26. The number of benzene rings is 9. The number of furan rings is 1. The molecule has 0 N–H and O–H groups in total. The van der Waals surface area contributed by atoms with Gasteiger partial charge in [-0.25, -0.2) is 0 Å². The summed E-state index contributed by atoms with van der Waals surface area (Å²) in [5.74, 6) is 0. The van der Waals surface area contributed by atoms with Gasteiger partial charge in [0.1, 0.15) is 11.2 Å². The number of fused-ring (bicyclic) bond motifs is 6. The molecule has 234 valence electrons. The highest BCUT2D eigenvalue weighted by Crippen LogP contribution is 2.45. The second-order valence-corrected chi connectivity index (χ2v) is 12.9. The molecule has 0 unspecified atom stereocenters. The van der Waals surface area contributed by atoms with Gasteiger partial charge in [0.2, 0.25) is 0 Å². The van der Waals surface area contributed by atoms with E-state index in [-0.39, 0.29) is 0 Å². The summed E-state index contributed by atoms with van der Waals surface area (Å²) in [5.41, 5.74) is 9.77. The van der Waals surface area contributed by atoms with E-state index in [1.54, 1.807) is 0 Å². The lowest BCUT2D eigenvalue weighted by Crippen LogP contribution is -2.09. The summed E-state index contributed by atoms with van der Waals surface area (Å²) in [6.07, 6.45) is 0. The zero-order valence-electron chi connectivity index (χ0n) is 27.3. The second-order valence-electron chi connectivity index (χ2n) is 12.9. The van der Waals surface area contributed by atoms with Gasteiger partial charge in [-0.2, -0.15) is 0 Å². The highest BCUT2D eigenvalue weighted by molar-refractivity contribution is 6.21. The Kier molecular flexibility index (Phi) is 6.53. The Morgan fingerprint density at radius 2 is 0.960 bits per heavy atom. The molecule has 0 aliphatic heterocycles. The van der Waals surface area contributed by atoms with Crippen molar-refractivity contribution in [3.63, 3.8) is 0 Å². The fourth-order valence-corrected chi connectivity index (χ4v) is 7.61. The van der Waals surface area contributed by atoms with Crippen LogP contribution in [0.5, 0.6) is 0 Å². The summed E-state index contributed by atoms with van der Waals surface area (Å²) in [5, 5.41) is 9.45. The van der Waals surface area contributed by atoms with Gasteiger partial charge in [0.15, 0.2) is 0 Å². The van der Waals surface area contributed by atoms with E-state index >= 15 is 0 Å². The molecule has 0 aliphatic rings. The first-order chi connectivity index (χ1) is 24.8. The molecule has 1 aromatic heterocycles. The maximum absolute atomic E-state index is 6.85. The molecule has 0 fully saturated rings. The van der Waals surface area contributed by atoms with Crippen LogP contribution in [0.2, 0.25) is 0 Å². The van der Waals surface area contributed by atoms with Crippen LogP contribution in [0.25, 0.3) is 76.5 Å². The van der Waals surface area contributed by atoms with Crippen molar-refractivity contribution < 1.29 is 4.42 Å². The zero-order chi connectivity index (χ0) is 33.0. The Labute approximate surface area is 290 Å². The molecule has 1 heterocycles. The number of anilines is 3. The van der Waals surface area contributed by atoms with Crippen LogP contribution in [0.1, 0.15) is 0 Å². The molecular weight excluding hydrogens is 607 g/mol. The van der Waals surface area contributed by atoms with Crippen molar-refractivity contribution in [2.45, 2.75) is 0 Å². The first-order valence-electron chi connectivity index (χ1n) is 17.1. The molecule has 10 aromatic rings. The van der Waals surface area contributed by atoms with Gasteiger partial charge in [0.05, 0.1) is 0 Å². The minimum atomic E-state index is 0.874. The molecule has 0 radical (unpaired) electrons. The molecule has 0 aliphatic carbocycles. The average molecular weight is 638 g/mol. The SMILES string of the molecule is c1ccc(-c2ccc(N(c3ccc4ccccc4c3)c3ccc4oc5c(-c6cccc7ccccc67)c6ccccc6cc5c4c3)cc2)cc1. The third-order valence-electron chi connectivity index (χ3n) is 10.0. The normalized spacial score (nSPS) is 11.6. The Morgan fingerprint density at radius 3 is 1.80 bits per heavy atom. The first-order valence-corrected chi connectivity index (χ1v) is 17.1. The molecule has 2 heteroatoms. The molecule has 0 saturated heterocycles. The second kappa shape index (κ2) is 11.5. The molecule has 10 rings (SSSR count). The topological polar surface area (TPSA) is 16.4 Å². The van der Waals surface area contributed by atoms with E-state index in [1.165, 1.54) is 49.0 Å². The fourth-order valence-electron chi connectivity index (χ4n) is 7.61. The van der Waals surface area contributed by atoms with Crippen LogP contribution in [-0.2, 0) is 0 Å². The van der Waals surface area contributed by atoms with Gasteiger partial charge in [0.25, 0.3) is 0 Å². The van der Waals surface area contributed by atoms with Crippen molar-refractivity contribution in [1.29, 1.82) is 0 Å². The lowest BCUT2D eigenvalue weighted by molar-refractivity contribution is 0.670. The summed E-state index contributed by atoms with van der Waals surface area (Å²) in [4.78, 5) is 2.35. The van der Waals surface area contributed by atoms with E-state index < -0.39 is 0 Å². The van der Waals surface area contributed by atoms with Crippen LogP contribution in [0, 0.1) is 0 Å². The molecule has 0 spiro atoms. The smallest absolute Gasteiger partial charge is 0.143 e. The lowest BCUT2D eigenvalue weighted by atomic mass is 9.92. The third-order valence-corrected chi connectivity index (χ3v) is 10.0. The maximum Gasteiger partial charge on any atom is 0.143 e. The van der Waals surface area contributed by atoms with Crippen LogP contribution in [0.4, 0.5) is 17.1 Å². The Hall–Kier alpha value is -6.64. The van der Waals surface area contributed by atoms with Crippen LogP contribution >= 0.6 is 0 Å². The summed E-state index contributed by atoms with van der Waals surface area (Å²) in [6.45, 7) is 0. The largest absolute Gasteiger partial charge is 0.455 e. The van der Waals surface area contributed by atoms with E-state index in [4.69, 9.17) is 4.42 Å². The fraction of sp³-hybridized carbons (Fsp3) is 0. The standard InChI is InChI=1S/C48H31NO/c1-2-11-32(12-3-1)34-21-24-38(25-22-34)49(39-26-23-33-13-4-5-15-36(33)29-39)40-27-28-46-44(31-40)45-30-37-16-7-9-19-42(37)47(48(45)50-46)43-20-10-17-35-14-6-8-18-41(35)43/h1-31H. The highest BCUT2D eigenvalue weighted by atomic mass is 16.3. The predicted molar refractivity (Wildman–Crippen MR) is 212 cm³/mol. The molecule has 2 nitrogen and oxygen atoms in total. The minimum Gasteiger partial charge on any atom is -0.455 e. The number of hydrogen-bond donors (Lipinski definition) is 0. The van der Waals surface area contributed by atoms with Gasteiger partial charge in [-0.15, -0.1) is 0 Å². The molecule has 0 saturated carbocycles. The van der Waals surface area contributed by atoms with E-state index in [0.29, 0.717) is 0 Å². The maximum atomic E-state index is 6.85. The zero-order valence-corrected chi connectivity index (χ0v) is 27.3. The van der Waals surface area contributed by atoms with E-state index in [0.717, 1.165) is 44.6 Å². The summed E-state index contributed by atoms with van der Waals surface area (Å²) in [6, 6.07) is 67.4. The van der Waals surface area contributed by atoms with Crippen LogP contribution < -0.4 is 4.90 Å². The highest BCUT2D eigenvalue weighted by Gasteiger charge is 2.20. The van der Waals surface area contributed by atoms with Gasteiger partial charge in [-0.05, 0) is 97.5 Å². The molecule has 0 bridgehead atoms. The minimum absolute atomic E-state index is 0.874. The van der Waals surface area contributed by atoms with E-state index in [1.807, 2.05) is 0 Å². The Bertz CT molecular complexity index is 2860. The average Bonchev–Trinajstić information content (AvgIpc) is 3.55. The van der Waals surface area contributed by atoms with Crippen molar-refractivity contribution in [2.24, 2.45) is 0 Å². The van der Waals surface area contributed by atoms with Gasteiger partial charge in [0, 0.05) is 33.4 Å². The van der Waals surface area contributed by atoms with E-state index in [2.05, 4.69) is 193 Å². The summed E-state index contributed by atoms with van der Waals surface area (Å²) < 4.78 is 6.85. The molecular formula is C48H31NO. The van der Waals surface area contributed by atoms with Gasteiger partial charge >= 0.3 is 0 Å². The third kappa shape index (κ3) is 4.65. The van der Waals surface area contributed by atoms with Gasteiger partial charge < -0.3 is 9.32 Å². The van der Waals surface area contributed by atoms with Crippen molar-refractivity contribution in [3.05, 3.63) is 188 Å². The summed E-state index contributed by atoms with van der Waals surface area (Å²) in [7, 11) is 0. The number of rotatable bonds is 5. The van der Waals surface area contributed by atoms with Crippen LogP contribution in [0.3, 0.4) is 0 Å². The summed E-state index contributed by atoms with van der Waals surface area (Å²) >= 11 is 0. The van der Waals surface area contributed by atoms with Crippen molar-refractivity contribution in [3.8, 4) is 22.3 Å². The van der Waals surface area contributed by atoms with Gasteiger partial charge in [-0.3, -0.25) is 0 Å². The van der Waals surface area contributed by atoms with Crippen LogP contribution in [0.15, 0.2) is 192 Å². The van der Waals surface area contributed by atoms with E-state index in [9.17, 15) is 0 Å².